The van der Waals surface area contributed by atoms with Crippen LogP contribution in [0.4, 0.5) is 8.78 Å². The zero-order valence-corrected chi connectivity index (χ0v) is 19.0. The number of carbonyl (C=O) groups excluding carboxylic acids is 1. The molecule has 0 aliphatic carbocycles. The number of amides is 1. The number of piperazine rings is 1. The Bertz CT molecular complexity index is 1110. The quantitative estimate of drug-likeness (QED) is 0.391. The van der Waals surface area contributed by atoms with Crippen LogP contribution in [0, 0.1) is 0 Å². The molecular formula is C24H26F2N6O2. The van der Waals surface area contributed by atoms with Crippen molar-refractivity contribution < 1.29 is 18.0 Å². The van der Waals surface area contributed by atoms with Gasteiger partial charge >= 0.3 is 6.43 Å². The summed E-state index contributed by atoms with van der Waals surface area (Å²) in [5.41, 5.74) is 2.18. The van der Waals surface area contributed by atoms with Gasteiger partial charge in [-0.05, 0) is 30.3 Å². The van der Waals surface area contributed by atoms with Crippen LogP contribution in [0.25, 0.3) is 11.5 Å². The molecule has 0 unspecified atom stereocenters. The van der Waals surface area contributed by atoms with Gasteiger partial charge in [-0.1, -0.05) is 42.5 Å². The second-order valence-corrected chi connectivity index (χ2v) is 8.13. The predicted octanol–water partition coefficient (Wildman–Crippen LogP) is 3.46. The van der Waals surface area contributed by atoms with E-state index in [0.717, 1.165) is 37.3 Å². The number of halogens is 2. The van der Waals surface area contributed by atoms with Gasteiger partial charge in [0, 0.05) is 38.8 Å². The van der Waals surface area contributed by atoms with Gasteiger partial charge in [-0.25, -0.2) is 5.01 Å². The molecule has 1 aliphatic rings. The maximum Gasteiger partial charge on any atom is 0.314 e. The smallest absolute Gasteiger partial charge is 0.314 e. The Hall–Kier alpha value is -3.50. The molecule has 8 nitrogen and oxygen atoms in total. The molecule has 0 spiro atoms. The first-order valence-corrected chi connectivity index (χ1v) is 10.9. The highest BCUT2D eigenvalue weighted by Gasteiger charge is 2.31. The van der Waals surface area contributed by atoms with Crippen LogP contribution in [0.1, 0.15) is 29.5 Å². The van der Waals surface area contributed by atoms with Gasteiger partial charge in [0.15, 0.2) is 0 Å². The number of alkyl halides is 2. The van der Waals surface area contributed by atoms with Crippen LogP contribution in [0.2, 0.25) is 0 Å². The average molecular weight is 469 g/mol. The summed E-state index contributed by atoms with van der Waals surface area (Å²) in [5.74, 6) is -0.813. The molecule has 10 heteroatoms. The van der Waals surface area contributed by atoms with Crippen LogP contribution in [0.5, 0.6) is 0 Å². The molecule has 1 aromatic heterocycles. The van der Waals surface area contributed by atoms with Crippen molar-refractivity contribution in [2.24, 2.45) is 5.10 Å². The van der Waals surface area contributed by atoms with Gasteiger partial charge in [0.1, 0.15) is 6.04 Å². The minimum absolute atomic E-state index is 0.0176. The van der Waals surface area contributed by atoms with E-state index < -0.39 is 18.4 Å². The molecule has 178 valence electrons. The molecule has 1 amide bonds. The summed E-state index contributed by atoms with van der Waals surface area (Å²) in [7, 11) is 3.72. The monoisotopic (exact) mass is 468 g/mol. The fourth-order valence-corrected chi connectivity index (χ4v) is 3.76. The number of rotatable bonds is 7. The Kier molecular flexibility index (Phi) is 7.39. The van der Waals surface area contributed by atoms with E-state index in [0.29, 0.717) is 5.56 Å². The molecule has 0 radical (unpaired) electrons. The van der Waals surface area contributed by atoms with E-state index in [9.17, 15) is 13.6 Å². The number of hydrazone groups is 1. The highest BCUT2D eigenvalue weighted by atomic mass is 19.3. The summed E-state index contributed by atoms with van der Waals surface area (Å²) in [5, 5.41) is 12.7. The zero-order valence-electron chi connectivity index (χ0n) is 19.0. The number of hydrogen-bond acceptors (Lipinski definition) is 7. The summed E-state index contributed by atoms with van der Waals surface area (Å²) < 4.78 is 30.3. The second kappa shape index (κ2) is 10.6. The number of hydrogen-bond donors (Lipinski definition) is 0. The number of benzene rings is 2. The first-order valence-electron chi connectivity index (χ1n) is 10.9. The van der Waals surface area contributed by atoms with Gasteiger partial charge in [-0.3, -0.25) is 9.69 Å². The Morgan fingerprint density at radius 1 is 1.06 bits per heavy atom. The standard InChI is InChI=1S/C24H26F2N6O2/c1-30-12-14-32(15-13-30)20(18-6-4-3-5-7-18)24(33)31(2)27-16-17-8-10-19(11-9-17)22-28-29-23(34-22)21(25)26/h3-11,16,20-21H,12-15H2,1-2H3/b27-16+/t20-/m0/s1. The number of nitrogens with zero attached hydrogens (tertiary/aromatic N) is 6. The van der Waals surface area contributed by atoms with Crippen LogP contribution in [0.15, 0.2) is 64.1 Å². The van der Waals surface area contributed by atoms with Crippen LogP contribution >= 0.6 is 0 Å². The third kappa shape index (κ3) is 5.52. The van der Waals surface area contributed by atoms with Crippen molar-refractivity contribution in [3.63, 3.8) is 0 Å². The summed E-state index contributed by atoms with van der Waals surface area (Å²) in [4.78, 5) is 17.8. The predicted molar refractivity (Wildman–Crippen MR) is 123 cm³/mol. The zero-order chi connectivity index (χ0) is 24.1. The van der Waals surface area contributed by atoms with E-state index in [-0.39, 0.29) is 11.8 Å². The van der Waals surface area contributed by atoms with Gasteiger partial charge < -0.3 is 9.32 Å². The van der Waals surface area contributed by atoms with Crippen LogP contribution < -0.4 is 0 Å². The molecule has 3 aromatic rings. The Balaban J connectivity index is 1.46. The molecule has 4 rings (SSSR count). The Morgan fingerprint density at radius 3 is 2.35 bits per heavy atom. The lowest BCUT2D eigenvalue weighted by Crippen LogP contribution is -2.49. The van der Waals surface area contributed by atoms with Crippen molar-refractivity contribution in [1.29, 1.82) is 0 Å². The van der Waals surface area contributed by atoms with E-state index in [2.05, 4.69) is 32.1 Å². The van der Waals surface area contributed by atoms with E-state index in [4.69, 9.17) is 4.42 Å². The van der Waals surface area contributed by atoms with Gasteiger partial charge in [0.2, 0.25) is 5.89 Å². The average Bonchev–Trinajstić information content (AvgIpc) is 3.36. The fourth-order valence-electron chi connectivity index (χ4n) is 3.76. The van der Waals surface area contributed by atoms with E-state index >= 15 is 0 Å². The molecule has 1 saturated heterocycles. The highest BCUT2D eigenvalue weighted by Crippen LogP contribution is 2.25. The number of likely N-dealkylation sites (N-methyl/N-ethyl adjacent to an activating group) is 2. The highest BCUT2D eigenvalue weighted by molar-refractivity contribution is 5.86. The molecule has 1 atom stereocenters. The topological polar surface area (TPSA) is 78.1 Å². The lowest BCUT2D eigenvalue weighted by Gasteiger charge is -2.38. The lowest BCUT2D eigenvalue weighted by atomic mass is 10.0. The summed E-state index contributed by atoms with van der Waals surface area (Å²) in [6.45, 7) is 3.39. The Morgan fingerprint density at radius 2 is 1.74 bits per heavy atom. The summed E-state index contributed by atoms with van der Waals surface area (Å²) in [6, 6.07) is 16.1. The lowest BCUT2D eigenvalue weighted by molar-refractivity contribution is -0.136. The Labute approximate surface area is 196 Å². The second-order valence-electron chi connectivity index (χ2n) is 8.13. The van der Waals surface area contributed by atoms with Gasteiger partial charge in [-0.15, -0.1) is 10.2 Å². The van der Waals surface area contributed by atoms with Gasteiger partial charge in [0.05, 0.1) is 6.21 Å². The molecular weight excluding hydrogens is 442 g/mol. The largest absolute Gasteiger partial charge is 0.415 e. The number of aromatic nitrogens is 2. The van der Waals surface area contributed by atoms with Crippen molar-refractivity contribution in [2.45, 2.75) is 12.5 Å². The van der Waals surface area contributed by atoms with Crippen molar-refractivity contribution in [3.8, 4) is 11.5 Å². The normalized spacial score (nSPS) is 16.3. The minimum Gasteiger partial charge on any atom is -0.415 e. The van der Waals surface area contributed by atoms with Crippen molar-refractivity contribution in [1.82, 2.24) is 25.0 Å². The SMILES string of the molecule is CN1CCN([C@H](C(=O)N(C)/N=C/c2ccc(-c3nnc(C(F)F)o3)cc2)c2ccccc2)CC1. The summed E-state index contributed by atoms with van der Waals surface area (Å²) in [6.07, 6.45) is -1.24. The molecule has 34 heavy (non-hydrogen) atoms. The maximum atomic E-state index is 13.4. The van der Waals surface area contributed by atoms with Crippen molar-refractivity contribution >= 4 is 12.1 Å². The van der Waals surface area contributed by atoms with Crippen molar-refractivity contribution in [2.75, 3.05) is 40.3 Å². The van der Waals surface area contributed by atoms with Gasteiger partial charge in [0.25, 0.3) is 11.8 Å². The molecule has 0 bridgehead atoms. The van der Waals surface area contributed by atoms with Crippen LogP contribution in [0.3, 0.4) is 0 Å². The first-order chi connectivity index (χ1) is 16.4. The molecule has 2 heterocycles. The molecule has 0 saturated carbocycles. The summed E-state index contributed by atoms with van der Waals surface area (Å²) >= 11 is 0. The van der Waals surface area contributed by atoms with Crippen LogP contribution in [-0.4, -0.2) is 77.4 Å². The van der Waals surface area contributed by atoms with Crippen molar-refractivity contribution in [3.05, 3.63) is 71.6 Å². The number of carbonyl (C=O) groups is 1. The molecule has 2 aromatic carbocycles. The third-order valence-corrected chi connectivity index (χ3v) is 5.74. The van der Waals surface area contributed by atoms with Gasteiger partial charge in [-0.2, -0.15) is 13.9 Å². The minimum atomic E-state index is -2.81. The third-order valence-electron chi connectivity index (χ3n) is 5.74. The maximum absolute atomic E-state index is 13.4. The van der Waals surface area contributed by atoms with E-state index in [1.807, 2.05) is 30.3 Å². The first kappa shape index (κ1) is 23.7. The van der Waals surface area contributed by atoms with E-state index in [1.54, 1.807) is 37.5 Å². The fraction of sp³-hybridized carbons (Fsp3) is 0.333. The molecule has 1 fully saturated rings. The van der Waals surface area contributed by atoms with E-state index in [1.165, 1.54) is 5.01 Å². The van der Waals surface area contributed by atoms with Crippen LogP contribution in [-0.2, 0) is 4.79 Å². The molecule has 0 N–H and O–H groups in total. The molecule has 1 aliphatic heterocycles.